The number of hydrogen-bond donors (Lipinski definition) is 1. The van der Waals surface area contributed by atoms with Crippen LogP contribution < -0.4 is 20.3 Å². The predicted molar refractivity (Wildman–Crippen MR) is 136 cm³/mol. The third kappa shape index (κ3) is 4.17. The molecule has 0 spiro atoms. The van der Waals surface area contributed by atoms with Gasteiger partial charge in [-0.05, 0) is 56.5 Å². The van der Waals surface area contributed by atoms with Crippen LogP contribution in [0.1, 0.15) is 29.0 Å². The molecule has 4 rings (SSSR count). The van der Waals surface area contributed by atoms with E-state index in [4.69, 9.17) is 9.47 Å². The van der Waals surface area contributed by atoms with Gasteiger partial charge in [0.1, 0.15) is 22.4 Å². The minimum Gasteiger partial charge on any atom is -0.497 e. The lowest BCUT2D eigenvalue weighted by molar-refractivity contribution is -0.118. The van der Waals surface area contributed by atoms with E-state index in [0.717, 1.165) is 21.6 Å². The van der Waals surface area contributed by atoms with Crippen molar-refractivity contribution in [1.29, 1.82) is 0 Å². The average molecular weight is 478 g/mol. The summed E-state index contributed by atoms with van der Waals surface area (Å²) in [5.74, 6) is 0.707. The maximum absolute atomic E-state index is 13.6. The summed E-state index contributed by atoms with van der Waals surface area (Å²) in [5, 5.41) is 3.38. The predicted octanol–water partition coefficient (Wildman–Crippen LogP) is 5.27. The highest BCUT2D eigenvalue weighted by Crippen LogP contribution is 2.36. The number of benzene rings is 2. The molecule has 0 bridgehead atoms. The fourth-order valence-electron chi connectivity index (χ4n) is 3.91. The second-order valence-corrected chi connectivity index (χ2v) is 9.40. The molecule has 0 aliphatic carbocycles. The molecule has 34 heavy (non-hydrogen) atoms. The number of ether oxygens (including phenoxy) is 2. The van der Waals surface area contributed by atoms with E-state index in [1.165, 1.54) is 34.9 Å². The third-order valence-electron chi connectivity index (χ3n) is 6.07. The Labute approximate surface area is 202 Å². The van der Waals surface area contributed by atoms with Gasteiger partial charge in [0, 0.05) is 16.5 Å². The number of anilines is 1. The molecule has 1 unspecified atom stereocenters. The average Bonchev–Trinajstić information content (AvgIpc) is 3.17. The van der Waals surface area contributed by atoms with Gasteiger partial charge < -0.3 is 14.8 Å². The summed E-state index contributed by atoms with van der Waals surface area (Å²) in [6, 6.07) is 10.5. The van der Waals surface area contributed by atoms with Gasteiger partial charge in [0.05, 0.1) is 31.6 Å². The Hall–Kier alpha value is -3.65. The zero-order valence-corrected chi connectivity index (χ0v) is 20.9. The largest absolute Gasteiger partial charge is 0.497 e. The summed E-state index contributed by atoms with van der Waals surface area (Å²) < 4.78 is 12.0. The minimum absolute atomic E-state index is 0.247. The van der Waals surface area contributed by atoms with Crippen molar-refractivity contribution in [3.05, 3.63) is 69.1 Å². The molecule has 8 heteroatoms. The molecule has 176 valence electrons. The quantitative estimate of drug-likeness (QED) is 0.409. The smallest absolute Gasteiger partial charge is 0.263 e. The summed E-state index contributed by atoms with van der Waals surface area (Å²) in [6.45, 7) is 7.78. The van der Waals surface area contributed by atoms with Crippen molar-refractivity contribution in [2.75, 3.05) is 19.5 Å². The molecule has 2 aromatic carbocycles. The van der Waals surface area contributed by atoms with Crippen molar-refractivity contribution in [3.63, 3.8) is 0 Å². The number of aryl methyl sites for hydroxylation is 3. The van der Waals surface area contributed by atoms with E-state index < -0.39 is 6.04 Å². The molecule has 1 atom stereocenters. The maximum atomic E-state index is 13.6. The zero-order valence-electron chi connectivity index (χ0n) is 20.1. The number of methoxy groups -OCH3 is 2. The first kappa shape index (κ1) is 23.5. The van der Waals surface area contributed by atoms with Crippen LogP contribution in [0.2, 0.25) is 0 Å². The van der Waals surface area contributed by atoms with E-state index in [0.29, 0.717) is 27.4 Å². The lowest BCUT2D eigenvalue weighted by atomic mass is 9.99. The first-order chi connectivity index (χ1) is 16.2. The van der Waals surface area contributed by atoms with E-state index >= 15 is 0 Å². The van der Waals surface area contributed by atoms with Crippen LogP contribution >= 0.6 is 11.3 Å². The summed E-state index contributed by atoms with van der Waals surface area (Å²) in [7, 11) is 3.07. The highest BCUT2D eigenvalue weighted by molar-refractivity contribution is 7.19. The van der Waals surface area contributed by atoms with E-state index in [1.54, 1.807) is 32.2 Å². The van der Waals surface area contributed by atoms with Crippen LogP contribution in [0.25, 0.3) is 21.3 Å². The van der Waals surface area contributed by atoms with Crippen molar-refractivity contribution in [1.82, 2.24) is 9.55 Å². The van der Waals surface area contributed by atoms with Crippen molar-refractivity contribution in [2.24, 2.45) is 0 Å². The van der Waals surface area contributed by atoms with Crippen LogP contribution in [-0.4, -0.2) is 29.7 Å². The fraction of sp³-hybridized carbons (Fsp3) is 0.269. The topological polar surface area (TPSA) is 82.4 Å². The van der Waals surface area contributed by atoms with Crippen molar-refractivity contribution < 1.29 is 14.3 Å². The molecular formula is C26H27N3O4S. The summed E-state index contributed by atoms with van der Waals surface area (Å²) in [6.07, 6.45) is 1.44. The molecule has 0 fully saturated rings. The lowest BCUT2D eigenvalue weighted by Gasteiger charge is -2.17. The fourth-order valence-corrected chi connectivity index (χ4v) is 4.91. The standard InChI is InChI=1S/C26H27N3O4S/c1-14-7-8-18(11-15(14)2)22-17(4)34-25-23(22)26(31)29(13-27-25)16(3)24(30)28-20-12-19(32-5)9-10-21(20)33-6/h7-13,16H,1-6H3,(H,28,30). The molecule has 1 amide bonds. The molecule has 7 nitrogen and oxygen atoms in total. The number of hydrogen-bond acceptors (Lipinski definition) is 6. The molecule has 4 aromatic rings. The van der Waals surface area contributed by atoms with E-state index in [1.807, 2.05) is 13.0 Å². The Kier molecular flexibility index (Phi) is 6.43. The van der Waals surface area contributed by atoms with Crippen molar-refractivity contribution in [3.8, 4) is 22.6 Å². The molecule has 0 saturated heterocycles. The number of carbonyl (C=O) groups is 1. The van der Waals surface area contributed by atoms with Crippen LogP contribution in [0.5, 0.6) is 11.5 Å². The van der Waals surface area contributed by atoms with Gasteiger partial charge in [0.15, 0.2) is 0 Å². The second kappa shape index (κ2) is 9.30. The maximum Gasteiger partial charge on any atom is 0.263 e. The van der Waals surface area contributed by atoms with Crippen LogP contribution in [0, 0.1) is 20.8 Å². The molecule has 1 N–H and O–H groups in total. The highest BCUT2D eigenvalue weighted by atomic mass is 32.1. The number of carbonyl (C=O) groups excluding carboxylic acids is 1. The molecule has 0 radical (unpaired) electrons. The Balaban J connectivity index is 1.75. The molecule has 0 aliphatic heterocycles. The summed E-state index contributed by atoms with van der Waals surface area (Å²) >= 11 is 1.48. The van der Waals surface area contributed by atoms with Gasteiger partial charge in [0.25, 0.3) is 5.56 Å². The molecule has 2 aromatic heterocycles. The van der Waals surface area contributed by atoms with E-state index in [2.05, 4.69) is 36.3 Å². The van der Waals surface area contributed by atoms with Crippen molar-refractivity contribution >= 4 is 33.1 Å². The number of nitrogens with one attached hydrogen (secondary N) is 1. The Morgan fingerprint density at radius 3 is 2.50 bits per heavy atom. The monoisotopic (exact) mass is 477 g/mol. The lowest BCUT2D eigenvalue weighted by Crippen LogP contribution is -2.31. The Morgan fingerprint density at radius 1 is 1.06 bits per heavy atom. The Bertz CT molecular complexity index is 1450. The van der Waals surface area contributed by atoms with Gasteiger partial charge in [-0.15, -0.1) is 11.3 Å². The summed E-state index contributed by atoms with van der Waals surface area (Å²) in [5.41, 5.74) is 4.40. The number of amides is 1. The van der Waals surface area contributed by atoms with Crippen LogP contribution in [-0.2, 0) is 4.79 Å². The first-order valence-electron chi connectivity index (χ1n) is 10.9. The van der Waals surface area contributed by atoms with Gasteiger partial charge in [-0.1, -0.05) is 18.2 Å². The highest BCUT2D eigenvalue weighted by Gasteiger charge is 2.23. The molecular weight excluding hydrogens is 450 g/mol. The number of aromatic nitrogens is 2. The summed E-state index contributed by atoms with van der Waals surface area (Å²) in [4.78, 5) is 32.9. The van der Waals surface area contributed by atoms with Gasteiger partial charge in [0.2, 0.25) is 5.91 Å². The number of rotatable bonds is 6. The van der Waals surface area contributed by atoms with Gasteiger partial charge in [-0.2, -0.15) is 0 Å². The van der Waals surface area contributed by atoms with Crippen LogP contribution in [0.3, 0.4) is 0 Å². The van der Waals surface area contributed by atoms with Gasteiger partial charge >= 0.3 is 0 Å². The number of nitrogens with zero attached hydrogens (tertiary/aromatic N) is 2. The number of thiophene rings is 1. The van der Waals surface area contributed by atoms with Crippen LogP contribution in [0.4, 0.5) is 5.69 Å². The third-order valence-corrected chi connectivity index (χ3v) is 7.08. The normalized spacial score (nSPS) is 11.9. The van der Waals surface area contributed by atoms with Gasteiger partial charge in [-0.25, -0.2) is 4.98 Å². The number of fused-ring (bicyclic) bond motifs is 1. The van der Waals surface area contributed by atoms with Gasteiger partial charge in [-0.3, -0.25) is 14.2 Å². The molecule has 0 saturated carbocycles. The minimum atomic E-state index is -0.798. The molecule has 2 heterocycles. The Morgan fingerprint density at radius 2 is 1.82 bits per heavy atom. The van der Waals surface area contributed by atoms with Crippen molar-refractivity contribution in [2.45, 2.75) is 33.7 Å². The van der Waals surface area contributed by atoms with Crippen LogP contribution in [0.15, 0.2) is 47.5 Å². The first-order valence-corrected chi connectivity index (χ1v) is 11.7. The second-order valence-electron chi connectivity index (χ2n) is 8.20. The SMILES string of the molecule is COc1ccc(OC)c(NC(=O)C(C)n2cnc3sc(C)c(-c4ccc(C)c(C)c4)c3c2=O)c1. The zero-order chi connectivity index (χ0) is 24.6. The van der Waals surface area contributed by atoms with E-state index in [9.17, 15) is 9.59 Å². The molecule has 0 aliphatic rings. The van der Waals surface area contributed by atoms with E-state index in [-0.39, 0.29) is 11.5 Å².